The average Bonchev–Trinajstić information content (AvgIpc) is 2.83. The maximum Gasteiger partial charge on any atom is 0.254 e. The first-order valence-corrected chi connectivity index (χ1v) is 11.1. The summed E-state index contributed by atoms with van der Waals surface area (Å²) in [5.74, 6) is -0.0379. The van der Waals surface area contributed by atoms with E-state index in [1.165, 1.54) is 24.0 Å². The second kappa shape index (κ2) is 8.23. The lowest BCUT2D eigenvalue weighted by Crippen LogP contribution is -2.39. The average molecular weight is 387 g/mol. The largest absolute Gasteiger partial charge is 0.335 e. The Balaban J connectivity index is 1.68. The Morgan fingerprint density at radius 1 is 1.00 bits per heavy atom. The molecular weight excluding hydrogens is 360 g/mol. The smallest absolute Gasteiger partial charge is 0.254 e. The lowest BCUT2D eigenvalue weighted by atomic mass is 10.1. The molecular formula is C21H26N2O3S. The standard InChI is InChI=1S/C21H26N2O3S/c1-17-12-13-22(16-18-6-4-3-5-7-18)14-15-23(17)21(24)19-8-10-20(11-9-19)27(2,25)26/h3-11,17H,12-16H2,1-2H3. The minimum absolute atomic E-state index is 0.0379. The Labute approximate surface area is 161 Å². The molecule has 1 atom stereocenters. The summed E-state index contributed by atoms with van der Waals surface area (Å²) in [7, 11) is -3.26. The van der Waals surface area contributed by atoms with Gasteiger partial charge < -0.3 is 4.90 Å². The van der Waals surface area contributed by atoms with Crippen molar-refractivity contribution in [3.05, 3.63) is 65.7 Å². The third-order valence-electron chi connectivity index (χ3n) is 5.09. The summed E-state index contributed by atoms with van der Waals surface area (Å²) < 4.78 is 23.2. The van der Waals surface area contributed by atoms with E-state index in [0.29, 0.717) is 12.1 Å². The monoisotopic (exact) mass is 386 g/mol. The summed E-state index contributed by atoms with van der Waals surface area (Å²) in [6.45, 7) is 5.41. The summed E-state index contributed by atoms with van der Waals surface area (Å²) in [4.78, 5) is 17.5. The molecule has 0 aromatic heterocycles. The predicted molar refractivity (Wildman–Crippen MR) is 106 cm³/mol. The number of hydrogen-bond donors (Lipinski definition) is 0. The highest BCUT2D eigenvalue weighted by Crippen LogP contribution is 2.18. The van der Waals surface area contributed by atoms with Crippen LogP contribution in [-0.4, -0.2) is 56.1 Å². The summed E-state index contributed by atoms with van der Waals surface area (Å²) in [5.41, 5.74) is 1.81. The van der Waals surface area contributed by atoms with Crippen molar-refractivity contribution < 1.29 is 13.2 Å². The normalized spacial score (nSPS) is 18.9. The van der Waals surface area contributed by atoms with Gasteiger partial charge in [0, 0.05) is 44.0 Å². The number of carbonyl (C=O) groups is 1. The molecule has 0 saturated carbocycles. The zero-order chi connectivity index (χ0) is 19.4. The molecule has 0 aliphatic carbocycles. The van der Waals surface area contributed by atoms with Gasteiger partial charge in [-0.3, -0.25) is 9.69 Å². The van der Waals surface area contributed by atoms with Crippen LogP contribution < -0.4 is 0 Å². The zero-order valence-corrected chi connectivity index (χ0v) is 16.7. The molecule has 144 valence electrons. The van der Waals surface area contributed by atoms with Gasteiger partial charge in [0.15, 0.2) is 9.84 Å². The maximum absolute atomic E-state index is 12.9. The van der Waals surface area contributed by atoms with Gasteiger partial charge in [-0.15, -0.1) is 0 Å². The van der Waals surface area contributed by atoms with Gasteiger partial charge >= 0.3 is 0 Å². The fourth-order valence-corrected chi connectivity index (χ4v) is 4.05. The minimum Gasteiger partial charge on any atom is -0.335 e. The highest BCUT2D eigenvalue weighted by molar-refractivity contribution is 7.90. The fraction of sp³-hybridized carbons (Fsp3) is 0.381. The van der Waals surface area contributed by atoms with Crippen molar-refractivity contribution in [1.82, 2.24) is 9.80 Å². The van der Waals surface area contributed by atoms with Crippen molar-refractivity contribution in [3.63, 3.8) is 0 Å². The predicted octanol–water partition coefficient (Wildman–Crippen LogP) is 2.83. The molecule has 6 heteroatoms. The lowest BCUT2D eigenvalue weighted by Gasteiger charge is -2.27. The van der Waals surface area contributed by atoms with Crippen LogP contribution in [0.25, 0.3) is 0 Å². The van der Waals surface area contributed by atoms with Gasteiger partial charge in [-0.05, 0) is 43.2 Å². The molecule has 27 heavy (non-hydrogen) atoms. The molecule has 1 amide bonds. The van der Waals surface area contributed by atoms with E-state index >= 15 is 0 Å². The Hall–Kier alpha value is -2.18. The molecule has 1 fully saturated rings. The van der Waals surface area contributed by atoms with Crippen LogP contribution in [0.4, 0.5) is 0 Å². The molecule has 1 aliphatic heterocycles. The van der Waals surface area contributed by atoms with E-state index in [9.17, 15) is 13.2 Å². The number of hydrogen-bond acceptors (Lipinski definition) is 4. The quantitative estimate of drug-likeness (QED) is 0.811. The van der Waals surface area contributed by atoms with Crippen molar-refractivity contribution in [1.29, 1.82) is 0 Å². The minimum atomic E-state index is -3.26. The second-order valence-corrected chi connectivity index (χ2v) is 9.21. The Bertz CT molecular complexity index is 879. The van der Waals surface area contributed by atoms with Gasteiger partial charge in [-0.1, -0.05) is 30.3 Å². The summed E-state index contributed by atoms with van der Waals surface area (Å²) >= 11 is 0. The Morgan fingerprint density at radius 2 is 1.67 bits per heavy atom. The summed E-state index contributed by atoms with van der Waals surface area (Å²) in [6, 6.07) is 16.7. The van der Waals surface area contributed by atoms with E-state index in [-0.39, 0.29) is 16.8 Å². The molecule has 2 aromatic carbocycles. The lowest BCUT2D eigenvalue weighted by molar-refractivity contribution is 0.0701. The van der Waals surface area contributed by atoms with Gasteiger partial charge in [-0.25, -0.2) is 8.42 Å². The van der Waals surface area contributed by atoms with Gasteiger partial charge in [0.1, 0.15) is 0 Å². The van der Waals surface area contributed by atoms with E-state index in [4.69, 9.17) is 0 Å². The first kappa shape index (κ1) is 19.6. The van der Waals surface area contributed by atoms with Gasteiger partial charge in [0.25, 0.3) is 5.91 Å². The van der Waals surface area contributed by atoms with Crippen molar-refractivity contribution in [3.8, 4) is 0 Å². The topological polar surface area (TPSA) is 57.7 Å². The highest BCUT2D eigenvalue weighted by atomic mass is 32.2. The van der Waals surface area contributed by atoms with Crippen molar-refractivity contribution >= 4 is 15.7 Å². The van der Waals surface area contributed by atoms with Crippen molar-refractivity contribution in [2.24, 2.45) is 0 Å². The molecule has 1 unspecified atom stereocenters. The zero-order valence-electron chi connectivity index (χ0n) is 15.8. The molecule has 1 saturated heterocycles. The first-order valence-electron chi connectivity index (χ1n) is 9.22. The number of amides is 1. The van der Waals surface area contributed by atoms with Crippen LogP contribution in [-0.2, 0) is 16.4 Å². The van der Waals surface area contributed by atoms with Crippen LogP contribution in [0.5, 0.6) is 0 Å². The van der Waals surface area contributed by atoms with E-state index in [1.807, 2.05) is 23.1 Å². The van der Waals surface area contributed by atoms with Crippen LogP contribution in [0.2, 0.25) is 0 Å². The van der Waals surface area contributed by atoms with Gasteiger partial charge in [0.2, 0.25) is 0 Å². The van der Waals surface area contributed by atoms with E-state index in [2.05, 4.69) is 24.0 Å². The summed E-state index contributed by atoms with van der Waals surface area (Å²) in [5, 5.41) is 0. The number of nitrogens with zero attached hydrogens (tertiary/aromatic N) is 2. The van der Waals surface area contributed by atoms with Crippen LogP contribution in [0.1, 0.15) is 29.3 Å². The summed E-state index contributed by atoms with van der Waals surface area (Å²) in [6.07, 6.45) is 2.09. The highest BCUT2D eigenvalue weighted by Gasteiger charge is 2.26. The number of sulfone groups is 1. The van der Waals surface area contributed by atoms with Gasteiger partial charge in [-0.2, -0.15) is 0 Å². The van der Waals surface area contributed by atoms with Gasteiger partial charge in [0.05, 0.1) is 4.90 Å². The van der Waals surface area contributed by atoms with Crippen LogP contribution in [0.15, 0.2) is 59.5 Å². The third kappa shape index (κ3) is 4.96. The first-order chi connectivity index (χ1) is 12.8. The SMILES string of the molecule is CC1CCN(Cc2ccccc2)CCN1C(=O)c1ccc(S(C)(=O)=O)cc1. The van der Waals surface area contributed by atoms with E-state index in [0.717, 1.165) is 26.1 Å². The molecule has 0 spiro atoms. The molecule has 0 N–H and O–H groups in total. The third-order valence-corrected chi connectivity index (χ3v) is 6.22. The van der Waals surface area contributed by atoms with E-state index in [1.54, 1.807) is 12.1 Å². The maximum atomic E-state index is 12.9. The molecule has 1 aliphatic rings. The second-order valence-electron chi connectivity index (χ2n) is 7.19. The Kier molecular flexibility index (Phi) is 5.97. The molecule has 0 bridgehead atoms. The molecule has 0 radical (unpaired) electrons. The molecule has 5 nitrogen and oxygen atoms in total. The number of rotatable bonds is 4. The molecule has 1 heterocycles. The van der Waals surface area contributed by atoms with Crippen LogP contribution >= 0.6 is 0 Å². The van der Waals surface area contributed by atoms with Crippen LogP contribution in [0.3, 0.4) is 0 Å². The van der Waals surface area contributed by atoms with Crippen molar-refractivity contribution in [2.45, 2.75) is 30.8 Å². The number of benzene rings is 2. The van der Waals surface area contributed by atoms with E-state index < -0.39 is 9.84 Å². The van der Waals surface area contributed by atoms with Crippen LogP contribution in [0, 0.1) is 0 Å². The van der Waals surface area contributed by atoms with Crippen molar-refractivity contribution in [2.75, 3.05) is 25.9 Å². The molecule has 2 aromatic rings. The number of carbonyl (C=O) groups excluding carboxylic acids is 1. The Morgan fingerprint density at radius 3 is 2.30 bits per heavy atom. The fourth-order valence-electron chi connectivity index (χ4n) is 3.42. The molecule has 3 rings (SSSR count).